The van der Waals surface area contributed by atoms with Crippen molar-refractivity contribution in [1.82, 2.24) is 10.3 Å². The highest BCUT2D eigenvalue weighted by atomic mass is 19.3. The summed E-state index contributed by atoms with van der Waals surface area (Å²) in [4.78, 5) is 14.6. The third-order valence-electron chi connectivity index (χ3n) is 1.29. The van der Waals surface area contributed by atoms with Gasteiger partial charge in [0.1, 0.15) is 0 Å². The van der Waals surface area contributed by atoms with Crippen LogP contribution in [0.4, 0.5) is 8.78 Å². The van der Waals surface area contributed by atoms with Crippen LogP contribution in [-0.4, -0.2) is 23.9 Å². The Morgan fingerprint density at radius 3 is 3.00 bits per heavy atom. The van der Waals surface area contributed by atoms with Crippen LogP contribution in [0, 0.1) is 6.20 Å². The summed E-state index contributed by atoms with van der Waals surface area (Å²) >= 11 is 0. The molecule has 0 fully saturated rings. The number of hydrogen-bond donors (Lipinski definition) is 1. The Balaban J connectivity index is 2.50. The average Bonchev–Trinajstić information content (AvgIpc) is 2.15. The van der Waals surface area contributed by atoms with E-state index < -0.39 is 18.9 Å². The van der Waals surface area contributed by atoms with E-state index in [-0.39, 0.29) is 5.56 Å². The van der Waals surface area contributed by atoms with Gasteiger partial charge in [0.2, 0.25) is 0 Å². The molecule has 0 saturated carbocycles. The van der Waals surface area contributed by atoms with Crippen LogP contribution < -0.4 is 5.32 Å². The van der Waals surface area contributed by atoms with Gasteiger partial charge in [-0.3, -0.25) is 9.78 Å². The van der Waals surface area contributed by atoms with Crippen molar-refractivity contribution < 1.29 is 13.6 Å². The smallest absolute Gasteiger partial charge is 0.255 e. The van der Waals surface area contributed by atoms with E-state index in [1.807, 2.05) is 0 Å². The van der Waals surface area contributed by atoms with Crippen molar-refractivity contribution in [3.8, 4) is 0 Å². The minimum Gasteiger partial charge on any atom is -0.346 e. The number of pyridine rings is 1. The van der Waals surface area contributed by atoms with Crippen LogP contribution in [-0.2, 0) is 0 Å². The van der Waals surface area contributed by atoms with Gasteiger partial charge in [0, 0.05) is 6.20 Å². The molecule has 0 atom stereocenters. The van der Waals surface area contributed by atoms with Gasteiger partial charge in [-0.25, -0.2) is 8.78 Å². The fourth-order valence-corrected chi connectivity index (χ4v) is 0.726. The molecule has 1 amide bonds. The highest BCUT2D eigenvalue weighted by molar-refractivity contribution is 5.93. The molecule has 0 aliphatic heterocycles. The summed E-state index contributed by atoms with van der Waals surface area (Å²) in [7, 11) is 0. The van der Waals surface area contributed by atoms with Crippen molar-refractivity contribution in [1.29, 1.82) is 0 Å². The monoisotopic (exact) mass is 185 g/mol. The molecule has 1 N–H and O–H groups in total. The highest BCUT2D eigenvalue weighted by Gasteiger charge is 2.07. The lowest BCUT2D eigenvalue weighted by molar-refractivity contribution is 0.0891. The van der Waals surface area contributed by atoms with Gasteiger partial charge in [-0.2, -0.15) is 0 Å². The zero-order chi connectivity index (χ0) is 9.68. The van der Waals surface area contributed by atoms with Crippen molar-refractivity contribution in [2.45, 2.75) is 6.43 Å². The Morgan fingerprint density at radius 2 is 2.46 bits per heavy atom. The molecule has 1 heterocycles. The predicted molar refractivity (Wildman–Crippen MR) is 41.4 cm³/mol. The lowest BCUT2D eigenvalue weighted by Crippen LogP contribution is -2.28. The summed E-state index contributed by atoms with van der Waals surface area (Å²) in [5, 5.41) is 2.06. The molecule has 1 radical (unpaired) electrons. The van der Waals surface area contributed by atoms with Gasteiger partial charge < -0.3 is 5.32 Å². The molecule has 5 heteroatoms. The summed E-state index contributed by atoms with van der Waals surface area (Å²) in [6.45, 7) is -0.641. The minimum absolute atomic E-state index is 0.249. The highest BCUT2D eigenvalue weighted by Crippen LogP contribution is 1.95. The van der Waals surface area contributed by atoms with Gasteiger partial charge in [0.15, 0.2) is 0 Å². The second-order valence-electron chi connectivity index (χ2n) is 2.28. The second-order valence-corrected chi connectivity index (χ2v) is 2.28. The van der Waals surface area contributed by atoms with Crippen LogP contribution in [0.2, 0.25) is 0 Å². The Bertz CT molecular complexity index is 277. The summed E-state index contributed by atoms with van der Waals surface area (Å²) in [6.07, 6.45) is 1.20. The van der Waals surface area contributed by atoms with Gasteiger partial charge >= 0.3 is 0 Å². The van der Waals surface area contributed by atoms with Crippen molar-refractivity contribution >= 4 is 5.91 Å². The maximum Gasteiger partial charge on any atom is 0.255 e. The molecule has 13 heavy (non-hydrogen) atoms. The van der Waals surface area contributed by atoms with Crippen LogP contribution in [0.3, 0.4) is 0 Å². The van der Waals surface area contributed by atoms with Crippen LogP contribution in [0.15, 0.2) is 18.3 Å². The van der Waals surface area contributed by atoms with Crippen LogP contribution >= 0.6 is 0 Å². The first kappa shape index (κ1) is 9.57. The molecular formula is C8H7F2N2O. The Labute approximate surface area is 73.8 Å². The molecule has 69 valence electrons. The van der Waals surface area contributed by atoms with E-state index in [0.29, 0.717) is 0 Å². The number of carbonyl (C=O) groups excluding carboxylic acids is 1. The van der Waals surface area contributed by atoms with Gasteiger partial charge in [0.05, 0.1) is 18.3 Å². The molecule has 0 aliphatic rings. The van der Waals surface area contributed by atoms with E-state index in [0.717, 1.165) is 0 Å². The van der Waals surface area contributed by atoms with Crippen LogP contribution in [0.1, 0.15) is 10.4 Å². The van der Waals surface area contributed by atoms with Crippen molar-refractivity contribution in [3.05, 3.63) is 30.1 Å². The van der Waals surface area contributed by atoms with E-state index in [1.54, 1.807) is 0 Å². The average molecular weight is 185 g/mol. The Kier molecular flexibility index (Phi) is 3.31. The standard InChI is InChI=1S/C8H7F2N2O/c9-7(10)5-12-8(13)6-2-1-3-11-4-6/h1-2,4,7H,5H2,(H,12,13). The number of aromatic nitrogens is 1. The number of halogens is 2. The molecule has 1 rings (SSSR count). The molecule has 0 unspecified atom stereocenters. The topological polar surface area (TPSA) is 42.0 Å². The third-order valence-corrected chi connectivity index (χ3v) is 1.29. The molecule has 0 bridgehead atoms. The van der Waals surface area contributed by atoms with E-state index >= 15 is 0 Å². The van der Waals surface area contributed by atoms with E-state index in [1.165, 1.54) is 18.3 Å². The molecule has 0 aliphatic carbocycles. The quantitative estimate of drug-likeness (QED) is 0.759. The molecule has 0 saturated heterocycles. The number of rotatable bonds is 3. The van der Waals surface area contributed by atoms with Gasteiger partial charge in [-0.1, -0.05) is 0 Å². The predicted octanol–water partition coefficient (Wildman–Crippen LogP) is 0.877. The van der Waals surface area contributed by atoms with Gasteiger partial charge in [-0.15, -0.1) is 0 Å². The maximum absolute atomic E-state index is 11.7. The Hall–Kier alpha value is -1.52. The number of alkyl halides is 2. The normalized spacial score (nSPS) is 10.1. The number of amides is 1. The van der Waals surface area contributed by atoms with Crippen molar-refractivity contribution in [3.63, 3.8) is 0 Å². The summed E-state index contributed by atoms with van der Waals surface area (Å²) < 4.78 is 23.3. The van der Waals surface area contributed by atoms with Gasteiger partial charge in [0.25, 0.3) is 12.3 Å². The summed E-state index contributed by atoms with van der Waals surface area (Å²) in [6, 6.07) is 2.89. The van der Waals surface area contributed by atoms with Gasteiger partial charge in [-0.05, 0) is 12.1 Å². The molecule has 1 aromatic rings. The van der Waals surface area contributed by atoms with E-state index in [2.05, 4.69) is 16.5 Å². The maximum atomic E-state index is 11.7. The number of carbonyl (C=O) groups is 1. The molecule has 1 aromatic heterocycles. The first-order valence-electron chi connectivity index (χ1n) is 3.58. The Morgan fingerprint density at radius 1 is 1.69 bits per heavy atom. The van der Waals surface area contributed by atoms with Crippen molar-refractivity contribution in [2.24, 2.45) is 0 Å². The van der Waals surface area contributed by atoms with Crippen LogP contribution in [0.5, 0.6) is 0 Å². The summed E-state index contributed by atoms with van der Waals surface area (Å²) in [5.74, 6) is -0.554. The zero-order valence-corrected chi connectivity index (χ0v) is 6.63. The molecule has 0 aromatic carbocycles. The molecular weight excluding hydrogens is 178 g/mol. The number of nitrogens with zero attached hydrogens (tertiary/aromatic N) is 1. The largest absolute Gasteiger partial charge is 0.346 e. The van der Waals surface area contributed by atoms with Crippen LogP contribution in [0.25, 0.3) is 0 Å². The van der Waals surface area contributed by atoms with E-state index in [4.69, 9.17) is 0 Å². The van der Waals surface area contributed by atoms with Crippen molar-refractivity contribution in [2.75, 3.05) is 6.54 Å². The lowest BCUT2D eigenvalue weighted by atomic mass is 10.3. The zero-order valence-electron chi connectivity index (χ0n) is 6.63. The first-order chi connectivity index (χ1) is 6.20. The number of hydrogen-bond acceptors (Lipinski definition) is 2. The fraction of sp³-hybridized carbons (Fsp3) is 0.250. The molecule has 3 nitrogen and oxygen atoms in total. The fourth-order valence-electron chi connectivity index (χ4n) is 0.726. The SMILES string of the molecule is O=C(NCC(F)F)c1cc[c]nc1. The number of nitrogens with one attached hydrogen (secondary N) is 1. The third kappa shape index (κ3) is 3.14. The lowest BCUT2D eigenvalue weighted by Gasteiger charge is -2.02. The molecule has 0 spiro atoms. The van der Waals surface area contributed by atoms with E-state index in [9.17, 15) is 13.6 Å². The second kappa shape index (κ2) is 4.49. The summed E-state index contributed by atoms with van der Waals surface area (Å²) in [5.41, 5.74) is 0.249. The first-order valence-corrected chi connectivity index (χ1v) is 3.58. The minimum atomic E-state index is -2.54.